The lowest BCUT2D eigenvalue weighted by atomic mass is 9.98. The van der Waals surface area contributed by atoms with Crippen LogP contribution >= 0.6 is 0 Å². The number of aromatic amines is 1. The van der Waals surface area contributed by atoms with E-state index in [2.05, 4.69) is 33.0 Å². The van der Waals surface area contributed by atoms with E-state index in [1.165, 1.54) is 0 Å². The number of hydrogen-bond acceptors (Lipinski definition) is 9. The lowest BCUT2D eigenvalue weighted by Gasteiger charge is -2.15. The molecule has 2 N–H and O–H groups in total. The molecule has 5 aromatic rings. The summed E-state index contributed by atoms with van der Waals surface area (Å²) in [4.78, 5) is 36.6. The second-order valence-electron chi connectivity index (χ2n) is 10.2. The van der Waals surface area contributed by atoms with E-state index in [1.54, 1.807) is 23.6 Å². The number of hydrogen-bond donors (Lipinski definition) is 2. The molecular formula is C32H31N7O4. The van der Waals surface area contributed by atoms with Gasteiger partial charge >= 0.3 is 5.97 Å². The zero-order valence-electron chi connectivity index (χ0n) is 23.9. The number of unbranched alkanes of at least 4 members (excludes halogenated alkanes) is 1. The van der Waals surface area contributed by atoms with Gasteiger partial charge in [-0.25, -0.2) is 9.78 Å². The Kier molecular flexibility index (Phi) is 8.05. The van der Waals surface area contributed by atoms with E-state index in [9.17, 15) is 9.59 Å². The molecule has 0 bridgehead atoms. The average molecular weight is 578 g/mol. The van der Waals surface area contributed by atoms with Crippen LogP contribution in [0.5, 0.6) is 0 Å². The van der Waals surface area contributed by atoms with Gasteiger partial charge < -0.3 is 4.74 Å². The van der Waals surface area contributed by atoms with Gasteiger partial charge in [-0.3, -0.25) is 19.7 Å². The third-order valence-corrected chi connectivity index (χ3v) is 7.37. The third-order valence-electron chi connectivity index (χ3n) is 7.37. The molecule has 1 atom stereocenters. The molecule has 11 heteroatoms. The third kappa shape index (κ3) is 5.80. The summed E-state index contributed by atoms with van der Waals surface area (Å²) in [6.07, 6.45) is 3.71. The Morgan fingerprint density at radius 2 is 1.86 bits per heavy atom. The largest absolute Gasteiger partial charge is 0.461 e. The topological polar surface area (TPSA) is 137 Å². The molecule has 0 saturated heterocycles. The van der Waals surface area contributed by atoms with E-state index in [0.717, 1.165) is 46.5 Å². The second-order valence-corrected chi connectivity index (χ2v) is 10.2. The molecule has 0 radical (unpaired) electrons. The minimum atomic E-state index is -0.542. The first-order chi connectivity index (χ1) is 21.1. The minimum absolute atomic E-state index is 0.120. The van der Waals surface area contributed by atoms with Gasteiger partial charge in [0, 0.05) is 12.0 Å². The molecule has 0 saturated carbocycles. The molecule has 3 aromatic carbocycles. The van der Waals surface area contributed by atoms with E-state index in [1.807, 2.05) is 60.7 Å². The van der Waals surface area contributed by atoms with Gasteiger partial charge in [0.1, 0.15) is 17.6 Å². The van der Waals surface area contributed by atoms with Gasteiger partial charge in [-0.05, 0) is 59.0 Å². The first-order valence-electron chi connectivity index (χ1n) is 14.3. The highest BCUT2D eigenvalue weighted by atomic mass is 16.7. The van der Waals surface area contributed by atoms with Crippen LogP contribution in [0.2, 0.25) is 0 Å². The van der Waals surface area contributed by atoms with Gasteiger partial charge in [-0.1, -0.05) is 67.9 Å². The zero-order valence-corrected chi connectivity index (χ0v) is 23.9. The highest BCUT2D eigenvalue weighted by molar-refractivity contribution is 5.88. The Bertz CT molecular complexity index is 1850. The summed E-state index contributed by atoms with van der Waals surface area (Å²) in [6, 6.07) is 21.5. The number of carbonyl (C=O) groups is 1. The summed E-state index contributed by atoms with van der Waals surface area (Å²) in [5.41, 5.74) is 7.95. The van der Waals surface area contributed by atoms with Gasteiger partial charge in [-0.2, -0.15) is 5.21 Å². The molecule has 11 nitrogen and oxygen atoms in total. The monoisotopic (exact) mass is 577 g/mol. The fourth-order valence-electron chi connectivity index (χ4n) is 5.16. The van der Waals surface area contributed by atoms with Crippen LogP contribution in [-0.2, 0) is 27.3 Å². The lowest BCUT2D eigenvalue weighted by Crippen LogP contribution is -2.26. The number of fused-ring (bicyclic) bond motifs is 1. The van der Waals surface area contributed by atoms with Crippen LogP contribution in [0.15, 0.2) is 83.3 Å². The first kappa shape index (κ1) is 28.0. The minimum Gasteiger partial charge on any atom is -0.461 e. The summed E-state index contributed by atoms with van der Waals surface area (Å²) < 4.78 is 6.81. The van der Waals surface area contributed by atoms with Gasteiger partial charge in [0.15, 0.2) is 0 Å². The molecule has 0 amide bonds. The Hall–Kier alpha value is -5.16. The predicted molar refractivity (Wildman–Crippen MR) is 160 cm³/mol. The Balaban J connectivity index is 1.32. The SMILES string of the molecule is CCCCc1nc2ccc(C3C=C(C(=O)OCC)NO3)cc2c(=O)n1Cc1ccc(-c2ccccc2-c2nn[nH]n2)cc1. The Labute approximate surface area is 247 Å². The van der Waals surface area contributed by atoms with Gasteiger partial charge in [0.25, 0.3) is 5.56 Å². The lowest BCUT2D eigenvalue weighted by molar-refractivity contribution is -0.140. The summed E-state index contributed by atoms with van der Waals surface area (Å²) in [7, 11) is 0. The fourth-order valence-corrected chi connectivity index (χ4v) is 5.16. The molecule has 0 aliphatic carbocycles. The summed E-state index contributed by atoms with van der Waals surface area (Å²) >= 11 is 0. The van der Waals surface area contributed by atoms with E-state index in [0.29, 0.717) is 29.7 Å². The number of tetrazole rings is 1. The standard InChI is InChI=1S/C32H31N7O4/c1-3-5-10-29-33-26-16-15-22(28-18-27(36-43-28)32(41)42-4-2)17-25(26)31(40)39(29)19-20-11-13-21(14-12-20)23-8-6-7-9-24(23)30-34-37-38-35-30/h6-9,11-18,28,36H,3-5,10,19H2,1-2H3,(H,34,35,37,38). The fraction of sp³-hybridized carbons (Fsp3) is 0.250. The van der Waals surface area contributed by atoms with Crippen molar-refractivity contribution < 1.29 is 14.4 Å². The number of nitrogens with zero attached hydrogens (tertiary/aromatic N) is 5. The van der Waals surface area contributed by atoms with E-state index in [4.69, 9.17) is 14.6 Å². The van der Waals surface area contributed by atoms with E-state index in [-0.39, 0.29) is 17.9 Å². The number of aromatic nitrogens is 6. The maximum atomic E-state index is 14.0. The molecule has 1 aliphatic rings. The van der Waals surface area contributed by atoms with E-state index < -0.39 is 12.1 Å². The molecule has 1 aliphatic heterocycles. The zero-order chi connectivity index (χ0) is 29.8. The summed E-state index contributed by atoms with van der Waals surface area (Å²) in [5.74, 6) is 0.793. The van der Waals surface area contributed by atoms with Crippen LogP contribution in [0.25, 0.3) is 33.4 Å². The van der Waals surface area contributed by atoms with Crippen molar-refractivity contribution in [3.8, 4) is 22.5 Å². The van der Waals surface area contributed by atoms with Crippen LogP contribution in [0.4, 0.5) is 0 Å². The Morgan fingerprint density at radius 1 is 1.05 bits per heavy atom. The van der Waals surface area contributed by atoms with Crippen molar-refractivity contribution in [1.82, 2.24) is 35.7 Å². The van der Waals surface area contributed by atoms with E-state index >= 15 is 0 Å². The highest BCUT2D eigenvalue weighted by Crippen LogP contribution is 2.30. The van der Waals surface area contributed by atoms with Crippen molar-refractivity contribution in [2.45, 2.75) is 45.8 Å². The van der Waals surface area contributed by atoms with Crippen molar-refractivity contribution in [3.05, 3.63) is 106 Å². The maximum Gasteiger partial charge on any atom is 0.356 e. The molecule has 2 aromatic heterocycles. The molecule has 0 spiro atoms. The van der Waals surface area contributed by atoms with Crippen LogP contribution in [0.3, 0.4) is 0 Å². The second kappa shape index (κ2) is 12.4. The quantitative estimate of drug-likeness (QED) is 0.227. The number of hydroxylamine groups is 1. The van der Waals surface area contributed by atoms with Crippen molar-refractivity contribution in [2.75, 3.05) is 6.61 Å². The van der Waals surface area contributed by atoms with Crippen LogP contribution in [-0.4, -0.2) is 42.8 Å². The van der Waals surface area contributed by atoms with Crippen molar-refractivity contribution >= 4 is 16.9 Å². The number of rotatable bonds is 10. The predicted octanol–water partition coefficient (Wildman–Crippen LogP) is 4.66. The van der Waals surface area contributed by atoms with Gasteiger partial charge in [0.05, 0.1) is 24.1 Å². The van der Waals surface area contributed by atoms with Crippen molar-refractivity contribution in [3.63, 3.8) is 0 Å². The number of H-pyrrole nitrogens is 1. The van der Waals surface area contributed by atoms with Gasteiger partial charge in [-0.15, -0.1) is 10.2 Å². The van der Waals surface area contributed by atoms with Crippen LogP contribution in [0.1, 0.15) is 49.7 Å². The number of esters is 1. The average Bonchev–Trinajstić information content (AvgIpc) is 3.76. The molecule has 43 heavy (non-hydrogen) atoms. The molecule has 6 rings (SSSR count). The number of carbonyl (C=O) groups excluding carboxylic acids is 1. The number of benzene rings is 3. The molecule has 218 valence electrons. The summed E-state index contributed by atoms with van der Waals surface area (Å²) in [6.45, 7) is 4.51. The highest BCUT2D eigenvalue weighted by Gasteiger charge is 2.24. The van der Waals surface area contributed by atoms with Crippen LogP contribution in [0, 0.1) is 0 Å². The molecule has 0 fully saturated rings. The smallest absolute Gasteiger partial charge is 0.356 e. The number of aryl methyl sites for hydroxylation is 1. The number of nitrogens with one attached hydrogen (secondary N) is 2. The van der Waals surface area contributed by atoms with Crippen molar-refractivity contribution in [2.24, 2.45) is 0 Å². The molecule has 1 unspecified atom stereocenters. The summed E-state index contributed by atoms with van der Waals surface area (Å²) in [5, 5.41) is 15.0. The van der Waals surface area contributed by atoms with Crippen LogP contribution < -0.4 is 11.0 Å². The maximum absolute atomic E-state index is 14.0. The first-order valence-corrected chi connectivity index (χ1v) is 14.3. The molecular weight excluding hydrogens is 546 g/mol. The van der Waals surface area contributed by atoms with Gasteiger partial charge in [0.2, 0.25) is 5.82 Å². The normalized spacial score (nSPS) is 14.5. The molecule has 3 heterocycles. The number of ether oxygens (including phenoxy) is 1. The van der Waals surface area contributed by atoms with Crippen molar-refractivity contribution in [1.29, 1.82) is 0 Å². The Morgan fingerprint density at radius 3 is 2.60 bits per heavy atom.